The Morgan fingerprint density at radius 3 is 2.33 bits per heavy atom. The third-order valence-corrected chi connectivity index (χ3v) is 17.9. The number of alkyl halides is 1. The van der Waals surface area contributed by atoms with Crippen molar-refractivity contribution in [3.63, 3.8) is 0 Å². The zero-order valence-corrected chi connectivity index (χ0v) is 26.7. The van der Waals surface area contributed by atoms with Crippen molar-refractivity contribution in [2.24, 2.45) is 0 Å². The zero-order chi connectivity index (χ0) is 29.5. The van der Waals surface area contributed by atoms with E-state index in [2.05, 4.69) is 54.2 Å². The predicted molar refractivity (Wildman–Crippen MR) is 178 cm³/mol. The van der Waals surface area contributed by atoms with Gasteiger partial charge < -0.3 is 25.4 Å². The normalized spacial score (nSPS) is 20.5. The van der Waals surface area contributed by atoms with Gasteiger partial charge in [0.1, 0.15) is 24.6 Å². The lowest BCUT2D eigenvalue weighted by Gasteiger charge is -2.16. The molecule has 2 unspecified atom stereocenters. The zero-order valence-electron chi connectivity index (χ0n) is 20.6. The number of aliphatic hydroxyl groups excluding tert-OH is 3. The number of nitrogens with zero attached hydrogens (tertiary/aromatic N) is 4. The van der Waals surface area contributed by atoms with E-state index < -0.39 is 37.5 Å². The van der Waals surface area contributed by atoms with E-state index in [1.165, 1.54) is 35.0 Å². The van der Waals surface area contributed by atoms with Gasteiger partial charge in [-0.05, 0) is 12.1 Å². The summed E-state index contributed by atoms with van der Waals surface area (Å²) in [6.45, 7) is -0.436. The molecule has 1 aliphatic rings. The Kier molecular flexibility index (Phi) is 17.1. The fraction of sp³-hybridized carbons (Fsp3) is 0.368. The van der Waals surface area contributed by atoms with Gasteiger partial charge in [-0.3, -0.25) is 9.36 Å². The lowest BCUT2D eigenvalue weighted by molar-refractivity contribution is -0.0511. The number of rotatable bonds is 4. The highest BCUT2D eigenvalue weighted by molar-refractivity contribution is 8.72. The molecule has 0 aliphatic carbocycles. The number of amides is 1. The van der Waals surface area contributed by atoms with Crippen LogP contribution in [0.4, 0.5) is 5.82 Å². The molecule has 1 amide bonds. The van der Waals surface area contributed by atoms with Gasteiger partial charge in [0.25, 0.3) is 5.91 Å². The van der Waals surface area contributed by atoms with Gasteiger partial charge in [-0.25, -0.2) is 15.0 Å². The molecule has 0 radical (unpaired) electrons. The maximum absolute atomic E-state index is 12.4. The molecule has 20 heteroatoms. The van der Waals surface area contributed by atoms with Gasteiger partial charge in [-0.2, -0.15) is 0 Å². The van der Waals surface area contributed by atoms with Crippen molar-refractivity contribution in [3.05, 3.63) is 48.5 Å². The van der Waals surface area contributed by atoms with Crippen molar-refractivity contribution in [1.82, 2.24) is 19.5 Å². The van der Waals surface area contributed by atoms with Crippen LogP contribution in [0.25, 0.3) is 11.2 Å². The highest BCUT2D eigenvalue weighted by atomic mass is 35.5. The molecule has 10 nitrogen and oxygen atoms in total. The number of benzene rings is 1. The summed E-state index contributed by atoms with van der Waals surface area (Å²) in [4.78, 5) is 24.8. The molecule has 1 saturated heterocycles. The molecular weight excluding hydrogens is 702 g/mol. The quantitative estimate of drug-likeness (QED) is 0.289. The van der Waals surface area contributed by atoms with E-state index in [9.17, 15) is 20.1 Å². The molecule has 39 heavy (non-hydrogen) atoms. The van der Waals surface area contributed by atoms with Gasteiger partial charge in [0.05, 0.1) is 12.9 Å². The van der Waals surface area contributed by atoms with Crippen LogP contribution >= 0.6 is 11.6 Å². The number of fused-ring (bicyclic) bond motifs is 1. The number of imidazole rings is 1. The molecule has 4 rings (SSSR count). The van der Waals surface area contributed by atoms with E-state index in [0.717, 1.165) is 0 Å². The molecular formula is C19H24ClN5O5S9. The van der Waals surface area contributed by atoms with Gasteiger partial charge >= 0.3 is 0 Å². The van der Waals surface area contributed by atoms with Crippen LogP contribution in [0.5, 0.6) is 0 Å². The lowest BCUT2D eigenvalue weighted by atomic mass is 10.1. The average Bonchev–Trinajstić information content (AvgIpc) is 3.50. The Labute approximate surface area is 262 Å². The number of aliphatic hydroxyl groups is 3. The molecule has 0 saturated carbocycles. The van der Waals surface area contributed by atoms with Crippen LogP contribution in [-0.2, 0) is 89.3 Å². The number of nitrogens with one attached hydrogen (secondary N) is 1. The summed E-state index contributed by atoms with van der Waals surface area (Å²) in [5, 5.41) is 32.1. The molecule has 1 aromatic carbocycles. The molecule has 1 fully saturated rings. The third-order valence-electron chi connectivity index (χ3n) is 4.58. The SMILES string of the molecule is C.O=C(Nc1ncnc2c1ncn2[C@@H]1O[C@H](CO)C(O)[C@@H]1O)c1ccccc1.S=S=S=S=S=S=S=S=S.[2H]C([3H])Cl. The molecule has 3 heterocycles. The second-order valence-corrected chi connectivity index (χ2v) is 19.0. The van der Waals surface area contributed by atoms with Crippen LogP contribution < -0.4 is 5.32 Å². The first-order valence-electron chi connectivity index (χ1n) is 11.0. The topological polar surface area (TPSA) is 143 Å². The highest BCUT2D eigenvalue weighted by Gasteiger charge is 2.44. The number of hydrogen-bond acceptors (Lipinski definition) is 10. The molecule has 216 valence electrons. The largest absolute Gasteiger partial charge is 0.394 e. The second kappa shape index (κ2) is 20.3. The monoisotopic (exact) mass is 728 g/mol. The van der Waals surface area contributed by atoms with E-state index in [-0.39, 0.29) is 19.2 Å². The first kappa shape index (κ1) is 32.9. The maximum atomic E-state index is 12.4. The van der Waals surface area contributed by atoms with E-state index in [4.69, 9.17) is 7.48 Å². The third kappa shape index (κ3) is 10.6. The van der Waals surface area contributed by atoms with Crippen molar-refractivity contribution in [1.29, 1.82) is 0 Å². The van der Waals surface area contributed by atoms with Gasteiger partial charge in [-0.15, -0.1) is 11.6 Å². The van der Waals surface area contributed by atoms with Gasteiger partial charge in [0.2, 0.25) is 0 Å². The fourth-order valence-electron chi connectivity index (χ4n) is 3.07. The van der Waals surface area contributed by atoms with E-state index in [1.807, 2.05) is 6.07 Å². The highest BCUT2D eigenvalue weighted by Crippen LogP contribution is 2.32. The molecule has 4 N–H and O–H groups in total. The predicted octanol–water partition coefficient (Wildman–Crippen LogP) is 1.16. The van der Waals surface area contributed by atoms with E-state index in [1.54, 1.807) is 68.7 Å². The Bertz CT molecular complexity index is 1550. The number of aromatic nitrogens is 4. The first-order chi connectivity index (χ1) is 19.2. The number of carbonyl (C=O) groups excluding carboxylic acids is 1. The molecule has 1 aliphatic heterocycles. The van der Waals surface area contributed by atoms with Crippen LogP contribution in [0.15, 0.2) is 43.0 Å². The van der Waals surface area contributed by atoms with Crippen molar-refractivity contribution in [2.45, 2.75) is 32.0 Å². The number of halogens is 1. The van der Waals surface area contributed by atoms with Crippen LogP contribution in [0.2, 0.25) is 0 Å². The van der Waals surface area contributed by atoms with Crippen LogP contribution in [0.3, 0.4) is 0 Å². The summed E-state index contributed by atoms with van der Waals surface area (Å²) >= 11 is 13.9. The van der Waals surface area contributed by atoms with Crippen molar-refractivity contribution in [2.75, 3.05) is 18.3 Å². The van der Waals surface area contributed by atoms with Gasteiger partial charge in [-0.1, -0.05) is 25.6 Å². The summed E-state index contributed by atoms with van der Waals surface area (Å²) in [5.41, 5.74) is 1.08. The summed E-state index contributed by atoms with van der Waals surface area (Å²) in [6.07, 6.45) is -2.97. The first-order valence-corrected chi connectivity index (χ1v) is 20.9. The number of anilines is 1. The van der Waals surface area contributed by atoms with Gasteiger partial charge in [0, 0.05) is 99.2 Å². The smallest absolute Gasteiger partial charge is 0.256 e. The van der Waals surface area contributed by atoms with E-state index in [0.29, 0.717) is 16.7 Å². The van der Waals surface area contributed by atoms with E-state index >= 15 is 0 Å². The van der Waals surface area contributed by atoms with Crippen LogP contribution in [0, 0.1) is 0 Å². The Morgan fingerprint density at radius 2 is 1.77 bits per heavy atom. The Morgan fingerprint density at radius 1 is 1.15 bits per heavy atom. The minimum Gasteiger partial charge on any atom is -0.394 e. The fourth-order valence-corrected chi connectivity index (χ4v) is 16.8. The molecule has 2 aromatic heterocycles. The minimum atomic E-state index is -1.27. The minimum absolute atomic E-state index is 0. The average molecular weight is 730 g/mol. The summed E-state index contributed by atoms with van der Waals surface area (Å²) in [5.74, 6) is -0.141. The summed E-state index contributed by atoms with van der Waals surface area (Å²) in [7, 11) is 10.9. The molecule has 5 atom stereocenters. The maximum Gasteiger partial charge on any atom is 0.256 e. The second-order valence-electron chi connectivity index (χ2n) is 6.57. The van der Waals surface area contributed by atoms with Gasteiger partial charge in [0.15, 0.2) is 23.2 Å². The standard InChI is InChI=1S/C17H17N5O5.CH3Cl.CH4.S9/c23-6-10-12(24)13(25)17(27-10)22-8-20-11-14(18-7-19-15(11)22)21-16(26)9-4-2-1-3-5-9;1-2;;1-3-5-7-9-8-6-4-2/h1-5,7-8,10,12-13,17,23-25H,6H2,(H,18,19,21,26);1H3;1H4;/t10-,12?,13+,17-;;;/m1.../s1/i;1TD;;. The Hall–Kier alpha value is -0.650. The number of ether oxygens (including phenoxy) is 1. The van der Waals surface area contributed by atoms with Crippen LogP contribution in [0.1, 0.15) is 26.8 Å². The molecule has 3 aromatic rings. The number of hydrogen-bond donors (Lipinski definition) is 4. The summed E-state index contributed by atoms with van der Waals surface area (Å²) in [6, 6.07) is 8.65. The van der Waals surface area contributed by atoms with Crippen molar-refractivity contribution < 1.29 is 27.6 Å². The lowest BCUT2D eigenvalue weighted by Crippen LogP contribution is -2.33. The summed E-state index contributed by atoms with van der Waals surface area (Å²) < 4.78 is 19.0. The molecule has 0 bridgehead atoms. The van der Waals surface area contributed by atoms with Crippen LogP contribution in [-0.4, -0.2) is 72.0 Å². The van der Waals surface area contributed by atoms with Crippen molar-refractivity contribution >= 4 is 119 Å². The van der Waals surface area contributed by atoms with Crippen molar-refractivity contribution in [3.8, 4) is 0 Å². The molecule has 0 spiro atoms. The number of carbonyl (C=O) groups is 1. The Balaban J connectivity index is 0.000000507.